The number of fused-ring (bicyclic) bond motifs is 1. The zero-order valence-corrected chi connectivity index (χ0v) is 17.0. The van der Waals surface area contributed by atoms with Crippen molar-refractivity contribution in [3.63, 3.8) is 0 Å². The number of amides is 3. The maximum Gasteiger partial charge on any atom is 0.319 e. The molecule has 0 bridgehead atoms. The molecule has 8 nitrogen and oxygen atoms in total. The van der Waals surface area contributed by atoms with Gasteiger partial charge < -0.3 is 21.7 Å². The van der Waals surface area contributed by atoms with Crippen LogP contribution in [0.25, 0.3) is 10.9 Å². The molecule has 4 rings (SSSR count). The summed E-state index contributed by atoms with van der Waals surface area (Å²) < 4.78 is 0. The molecular weight excluding hydrogens is 416 g/mol. The number of anilines is 3. The van der Waals surface area contributed by atoms with Crippen LogP contribution in [0.5, 0.6) is 0 Å². The minimum atomic E-state index is -0.348. The Kier molecular flexibility index (Phi) is 5.72. The number of nitrogens with zero attached hydrogens (tertiary/aromatic N) is 1. The Hall–Kier alpha value is -4.04. The number of benzene rings is 3. The molecule has 0 spiro atoms. The summed E-state index contributed by atoms with van der Waals surface area (Å²) in [7, 11) is 0. The van der Waals surface area contributed by atoms with E-state index in [1.165, 1.54) is 0 Å². The number of nitrogen functional groups attached to an aromatic ring is 1. The van der Waals surface area contributed by atoms with Gasteiger partial charge in [-0.3, -0.25) is 9.89 Å². The molecule has 6 N–H and O–H groups in total. The molecule has 0 radical (unpaired) electrons. The van der Waals surface area contributed by atoms with Gasteiger partial charge in [0.25, 0.3) is 5.91 Å². The number of carbonyl (C=O) groups excluding carboxylic acids is 2. The summed E-state index contributed by atoms with van der Waals surface area (Å²) in [5.74, 6) is -0.0327. The van der Waals surface area contributed by atoms with Crippen LogP contribution in [0, 0.1) is 0 Å². The molecule has 0 saturated heterocycles. The summed E-state index contributed by atoms with van der Waals surface area (Å²) in [6.07, 6.45) is 0. The zero-order chi connectivity index (χ0) is 21.8. The Balaban J connectivity index is 1.40. The Labute approximate surface area is 182 Å². The van der Waals surface area contributed by atoms with Crippen molar-refractivity contribution in [3.05, 3.63) is 82.9 Å². The fourth-order valence-corrected chi connectivity index (χ4v) is 3.26. The zero-order valence-electron chi connectivity index (χ0n) is 16.3. The highest BCUT2D eigenvalue weighted by Crippen LogP contribution is 2.23. The van der Waals surface area contributed by atoms with E-state index >= 15 is 0 Å². The van der Waals surface area contributed by atoms with Gasteiger partial charge in [-0.1, -0.05) is 29.8 Å². The van der Waals surface area contributed by atoms with Crippen molar-refractivity contribution in [1.29, 1.82) is 0 Å². The molecule has 3 aromatic carbocycles. The van der Waals surface area contributed by atoms with Crippen LogP contribution in [0.4, 0.5) is 22.0 Å². The van der Waals surface area contributed by atoms with Gasteiger partial charge in [0.2, 0.25) is 0 Å². The predicted octanol–water partition coefficient (Wildman–Crippen LogP) is 4.37. The van der Waals surface area contributed by atoms with Gasteiger partial charge in [-0.05, 0) is 54.1 Å². The molecule has 1 aromatic heterocycles. The van der Waals surface area contributed by atoms with E-state index in [-0.39, 0.29) is 24.3 Å². The smallest absolute Gasteiger partial charge is 0.319 e. The first-order chi connectivity index (χ1) is 15.0. The summed E-state index contributed by atoms with van der Waals surface area (Å²) in [5.41, 5.74) is 9.06. The van der Waals surface area contributed by atoms with Crippen molar-refractivity contribution in [1.82, 2.24) is 15.5 Å². The summed E-state index contributed by atoms with van der Waals surface area (Å²) in [5, 5.41) is 16.3. The van der Waals surface area contributed by atoms with Gasteiger partial charge in [0.15, 0.2) is 5.82 Å². The highest BCUT2D eigenvalue weighted by atomic mass is 35.5. The molecule has 0 fully saturated rings. The fraction of sp³-hybridized carbons (Fsp3) is 0.0455. The van der Waals surface area contributed by atoms with Crippen molar-refractivity contribution >= 4 is 51.6 Å². The lowest BCUT2D eigenvalue weighted by atomic mass is 10.1. The standard InChI is InChI=1S/C22H19ClN6O2/c23-14-7-9-15(10-8-14)27-22(31)25-12-13-3-1-4-16(11-13)26-21(30)17-5-2-6-18-19(17)20(24)29-28-18/h1-11H,12H2,(H,26,30)(H3,24,28,29)(H2,25,27,31). The number of urea groups is 1. The molecule has 9 heteroatoms. The number of nitrogens with two attached hydrogens (primary N) is 1. The lowest BCUT2D eigenvalue weighted by Crippen LogP contribution is -2.28. The first-order valence-electron chi connectivity index (χ1n) is 9.43. The molecule has 0 saturated carbocycles. The molecule has 3 amide bonds. The number of nitrogens with one attached hydrogen (secondary N) is 4. The average Bonchev–Trinajstić information content (AvgIpc) is 3.15. The SMILES string of the molecule is Nc1n[nH]c2cccc(C(=O)Nc3cccc(CNC(=O)Nc4ccc(Cl)cc4)c3)c12. The number of hydrogen-bond donors (Lipinski definition) is 5. The normalized spacial score (nSPS) is 10.6. The van der Waals surface area contributed by atoms with E-state index in [0.717, 1.165) is 5.56 Å². The summed E-state index contributed by atoms with van der Waals surface area (Å²) in [4.78, 5) is 24.9. The van der Waals surface area contributed by atoms with Gasteiger partial charge in [-0.15, -0.1) is 0 Å². The van der Waals surface area contributed by atoms with Gasteiger partial charge in [-0.25, -0.2) is 4.79 Å². The lowest BCUT2D eigenvalue weighted by Gasteiger charge is -2.10. The van der Waals surface area contributed by atoms with Crippen molar-refractivity contribution in [2.75, 3.05) is 16.4 Å². The van der Waals surface area contributed by atoms with Crippen molar-refractivity contribution in [2.45, 2.75) is 6.54 Å². The van der Waals surface area contributed by atoms with Crippen LogP contribution in [0.15, 0.2) is 66.7 Å². The van der Waals surface area contributed by atoms with E-state index in [0.29, 0.717) is 32.9 Å². The number of hydrogen-bond acceptors (Lipinski definition) is 4. The van der Waals surface area contributed by atoms with E-state index in [2.05, 4.69) is 26.1 Å². The maximum atomic E-state index is 12.8. The number of H-pyrrole nitrogens is 1. The fourth-order valence-electron chi connectivity index (χ4n) is 3.14. The van der Waals surface area contributed by atoms with E-state index in [1.54, 1.807) is 60.7 Å². The molecule has 31 heavy (non-hydrogen) atoms. The lowest BCUT2D eigenvalue weighted by molar-refractivity contribution is 0.102. The van der Waals surface area contributed by atoms with Crippen LogP contribution < -0.4 is 21.7 Å². The molecule has 0 aliphatic carbocycles. The Morgan fingerprint density at radius 3 is 2.55 bits per heavy atom. The number of halogens is 1. The molecule has 0 aliphatic rings. The third-order valence-electron chi connectivity index (χ3n) is 4.60. The summed E-state index contributed by atoms with van der Waals surface area (Å²) >= 11 is 5.84. The highest BCUT2D eigenvalue weighted by Gasteiger charge is 2.14. The quantitative estimate of drug-likeness (QED) is 0.319. The number of carbonyl (C=O) groups is 2. The Morgan fingerprint density at radius 2 is 1.74 bits per heavy atom. The third kappa shape index (κ3) is 4.76. The van der Waals surface area contributed by atoms with Gasteiger partial charge >= 0.3 is 6.03 Å². The first-order valence-corrected chi connectivity index (χ1v) is 9.80. The van der Waals surface area contributed by atoms with Crippen molar-refractivity contribution in [2.24, 2.45) is 0 Å². The van der Waals surface area contributed by atoms with Crippen LogP contribution in [0.2, 0.25) is 5.02 Å². The molecule has 0 atom stereocenters. The largest absolute Gasteiger partial charge is 0.382 e. The average molecular weight is 435 g/mol. The van der Waals surface area contributed by atoms with Crippen LogP contribution >= 0.6 is 11.6 Å². The van der Waals surface area contributed by atoms with Crippen molar-refractivity contribution in [3.8, 4) is 0 Å². The molecule has 1 heterocycles. The first kappa shape index (κ1) is 20.2. The number of rotatable bonds is 5. The number of aromatic nitrogens is 2. The van der Waals surface area contributed by atoms with E-state index in [1.807, 2.05) is 6.07 Å². The van der Waals surface area contributed by atoms with Crippen LogP contribution in [0.3, 0.4) is 0 Å². The maximum absolute atomic E-state index is 12.8. The molecule has 156 valence electrons. The highest BCUT2D eigenvalue weighted by molar-refractivity contribution is 6.30. The monoisotopic (exact) mass is 434 g/mol. The summed E-state index contributed by atoms with van der Waals surface area (Å²) in [6.45, 7) is 0.285. The molecular formula is C22H19ClN6O2. The Morgan fingerprint density at radius 1 is 0.968 bits per heavy atom. The van der Waals surface area contributed by atoms with Gasteiger partial charge in [0.05, 0.1) is 16.5 Å². The molecule has 0 unspecified atom stereocenters. The van der Waals surface area contributed by atoms with Gasteiger partial charge in [-0.2, -0.15) is 5.10 Å². The van der Waals surface area contributed by atoms with Crippen LogP contribution in [0.1, 0.15) is 15.9 Å². The second-order valence-electron chi connectivity index (χ2n) is 6.81. The molecule has 0 aliphatic heterocycles. The van der Waals surface area contributed by atoms with Gasteiger partial charge in [0.1, 0.15) is 0 Å². The van der Waals surface area contributed by atoms with Gasteiger partial charge in [0, 0.05) is 22.9 Å². The minimum Gasteiger partial charge on any atom is -0.382 e. The van der Waals surface area contributed by atoms with Crippen LogP contribution in [-0.4, -0.2) is 22.1 Å². The van der Waals surface area contributed by atoms with Crippen LogP contribution in [-0.2, 0) is 6.54 Å². The predicted molar refractivity (Wildman–Crippen MR) is 122 cm³/mol. The van der Waals surface area contributed by atoms with E-state index in [4.69, 9.17) is 17.3 Å². The minimum absolute atomic E-state index is 0.269. The molecule has 4 aromatic rings. The summed E-state index contributed by atoms with van der Waals surface area (Å²) in [6, 6.07) is 18.9. The van der Waals surface area contributed by atoms with E-state index < -0.39 is 0 Å². The second kappa shape index (κ2) is 8.76. The second-order valence-corrected chi connectivity index (χ2v) is 7.24. The van der Waals surface area contributed by atoms with Crippen molar-refractivity contribution < 1.29 is 9.59 Å². The Bertz CT molecular complexity index is 1250. The third-order valence-corrected chi connectivity index (χ3v) is 4.85. The van der Waals surface area contributed by atoms with E-state index in [9.17, 15) is 9.59 Å². The number of aromatic amines is 1. The topological polar surface area (TPSA) is 125 Å².